The van der Waals surface area contributed by atoms with Gasteiger partial charge in [-0.3, -0.25) is 0 Å². The molecule has 0 aromatic heterocycles. The third kappa shape index (κ3) is 4.03. The van der Waals surface area contributed by atoms with Crippen LogP contribution >= 0.6 is 0 Å². The van der Waals surface area contributed by atoms with Crippen LogP contribution in [0.5, 0.6) is 0 Å². The average Bonchev–Trinajstić information content (AvgIpc) is 2.16. The largest absolute Gasteiger partial charge is 0.478 e. The Kier molecular flexibility index (Phi) is 4.50. The summed E-state index contributed by atoms with van der Waals surface area (Å²) in [4.78, 5) is 13.0. The Bertz CT molecular complexity index is 361. The lowest BCUT2D eigenvalue weighted by atomic mass is 10.1. The second-order valence-electron chi connectivity index (χ2n) is 4.60. The lowest BCUT2D eigenvalue weighted by molar-refractivity contribution is 0.0696. The fraction of sp³-hybridized carbons (Fsp3) is 0.462. The highest BCUT2D eigenvalue weighted by Crippen LogP contribution is 2.08. The normalized spacial score (nSPS) is 11.1. The fourth-order valence-electron chi connectivity index (χ4n) is 1.80. The molecule has 1 rings (SSSR count). The second kappa shape index (κ2) is 5.66. The maximum absolute atomic E-state index is 10.8. The van der Waals surface area contributed by atoms with Gasteiger partial charge in [0.1, 0.15) is 0 Å². The van der Waals surface area contributed by atoms with Gasteiger partial charge in [0.2, 0.25) is 0 Å². The van der Waals surface area contributed by atoms with Crippen LogP contribution in [0.1, 0.15) is 29.8 Å². The molecule has 0 aliphatic heterocycles. The maximum atomic E-state index is 10.8. The van der Waals surface area contributed by atoms with Gasteiger partial charge in [-0.05, 0) is 30.7 Å². The Labute approximate surface area is 96.7 Å². The molecule has 0 bridgehead atoms. The molecule has 0 saturated heterocycles. The molecule has 0 aliphatic rings. The van der Waals surface area contributed by atoms with Crippen molar-refractivity contribution in [3.63, 3.8) is 0 Å². The number of carbonyl (C=O) groups is 1. The number of nitrogens with zero attached hydrogens (tertiary/aromatic N) is 1. The number of rotatable bonds is 5. The number of carboxylic acids is 1. The Balaban J connectivity index is 2.66. The summed E-state index contributed by atoms with van der Waals surface area (Å²) >= 11 is 0. The Hall–Kier alpha value is -1.35. The molecular weight excluding hydrogens is 202 g/mol. The van der Waals surface area contributed by atoms with E-state index in [4.69, 9.17) is 5.11 Å². The lowest BCUT2D eigenvalue weighted by Crippen LogP contribution is -2.22. The first-order chi connectivity index (χ1) is 7.49. The van der Waals surface area contributed by atoms with Gasteiger partial charge in [0, 0.05) is 13.1 Å². The Morgan fingerprint density at radius 3 is 2.69 bits per heavy atom. The molecule has 88 valence electrons. The van der Waals surface area contributed by atoms with Gasteiger partial charge in [0.15, 0.2) is 0 Å². The van der Waals surface area contributed by atoms with E-state index < -0.39 is 5.97 Å². The summed E-state index contributed by atoms with van der Waals surface area (Å²) in [5.41, 5.74) is 1.40. The fourth-order valence-corrected chi connectivity index (χ4v) is 1.80. The molecule has 0 radical (unpaired) electrons. The SMILES string of the molecule is CC(C)CN(C)Cc1cccc(C(=O)O)c1. The van der Waals surface area contributed by atoms with E-state index in [1.54, 1.807) is 18.2 Å². The van der Waals surface area contributed by atoms with Crippen molar-refractivity contribution in [3.05, 3.63) is 35.4 Å². The first-order valence-corrected chi connectivity index (χ1v) is 5.50. The molecule has 1 aromatic carbocycles. The number of hydrogen-bond acceptors (Lipinski definition) is 2. The van der Waals surface area contributed by atoms with E-state index in [2.05, 4.69) is 18.7 Å². The zero-order chi connectivity index (χ0) is 12.1. The lowest BCUT2D eigenvalue weighted by Gasteiger charge is -2.19. The highest BCUT2D eigenvalue weighted by molar-refractivity contribution is 5.87. The molecule has 0 amide bonds. The first-order valence-electron chi connectivity index (χ1n) is 5.50. The summed E-state index contributed by atoms with van der Waals surface area (Å²) in [5.74, 6) is -0.249. The molecule has 0 heterocycles. The van der Waals surface area contributed by atoms with Crippen molar-refractivity contribution in [2.45, 2.75) is 20.4 Å². The van der Waals surface area contributed by atoms with Gasteiger partial charge in [-0.15, -0.1) is 0 Å². The van der Waals surface area contributed by atoms with Crippen molar-refractivity contribution < 1.29 is 9.90 Å². The molecule has 16 heavy (non-hydrogen) atoms. The number of benzene rings is 1. The zero-order valence-electron chi connectivity index (χ0n) is 10.1. The van der Waals surface area contributed by atoms with Crippen LogP contribution in [0, 0.1) is 5.92 Å². The van der Waals surface area contributed by atoms with E-state index in [-0.39, 0.29) is 0 Å². The van der Waals surface area contributed by atoms with E-state index >= 15 is 0 Å². The average molecular weight is 221 g/mol. The summed E-state index contributed by atoms with van der Waals surface area (Å²) in [5, 5.41) is 8.88. The highest BCUT2D eigenvalue weighted by Gasteiger charge is 2.06. The van der Waals surface area contributed by atoms with Crippen molar-refractivity contribution >= 4 is 5.97 Å². The van der Waals surface area contributed by atoms with Gasteiger partial charge in [-0.25, -0.2) is 4.79 Å². The van der Waals surface area contributed by atoms with Gasteiger partial charge in [-0.1, -0.05) is 26.0 Å². The minimum Gasteiger partial charge on any atom is -0.478 e. The van der Waals surface area contributed by atoms with Crippen molar-refractivity contribution in [3.8, 4) is 0 Å². The van der Waals surface area contributed by atoms with Crippen LogP contribution in [0.3, 0.4) is 0 Å². The maximum Gasteiger partial charge on any atom is 0.335 e. The van der Waals surface area contributed by atoms with Gasteiger partial charge >= 0.3 is 5.97 Å². The van der Waals surface area contributed by atoms with Crippen LogP contribution < -0.4 is 0 Å². The standard InChI is InChI=1S/C13H19NO2/c1-10(2)8-14(3)9-11-5-4-6-12(7-11)13(15)16/h4-7,10H,8-9H2,1-3H3,(H,15,16). The van der Waals surface area contributed by atoms with Crippen LogP contribution in [-0.4, -0.2) is 29.6 Å². The van der Waals surface area contributed by atoms with Crippen molar-refractivity contribution in [2.24, 2.45) is 5.92 Å². The summed E-state index contributed by atoms with van der Waals surface area (Å²) in [6, 6.07) is 7.11. The molecule has 0 saturated carbocycles. The quantitative estimate of drug-likeness (QED) is 0.830. The third-order valence-electron chi connectivity index (χ3n) is 2.30. The van der Waals surface area contributed by atoms with Crippen LogP contribution in [0.2, 0.25) is 0 Å². The molecule has 0 atom stereocenters. The monoisotopic (exact) mass is 221 g/mol. The molecule has 1 aromatic rings. The van der Waals surface area contributed by atoms with Crippen molar-refractivity contribution in [1.82, 2.24) is 4.90 Å². The number of aromatic carboxylic acids is 1. The van der Waals surface area contributed by atoms with Gasteiger partial charge in [-0.2, -0.15) is 0 Å². The molecule has 1 N–H and O–H groups in total. The van der Waals surface area contributed by atoms with E-state index in [1.165, 1.54) is 0 Å². The van der Waals surface area contributed by atoms with Crippen LogP contribution in [0.25, 0.3) is 0 Å². The van der Waals surface area contributed by atoms with Crippen LogP contribution in [0.15, 0.2) is 24.3 Å². The predicted octanol–water partition coefficient (Wildman–Crippen LogP) is 2.47. The summed E-state index contributed by atoms with van der Waals surface area (Å²) in [6.07, 6.45) is 0. The Morgan fingerprint density at radius 2 is 2.12 bits per heavy atom. The molecule has 0 fully saturated rings. The smallest absolute Gasteiger partial charge is 0.335 e. The van der Waals surface area contributed by atoms with Crippen molar-refractivity contribution in [1.29, 1.82) is 0 Å². The molecule has 0 aliphatic carbocycles. The van der Waals surface area contributed by atoms with Crippen LogP contribution in [-0.2, 0) is 6.54 Å². The Morgan fingerprint density at radius 1 is 1.44 bits per heavy atom. The number of carboxylic acid groups (broad SMARTS) is 1. The van der Waals surface area contributed by atoms with Crippen molar-refractivity contribution in [2.75, 3.05) is 13.6 Å². The van der Waals surface area contributed by atoms with E-state index in [0.717, 1.165) is 18.7 Å². The van der Waals surface area contributed by atoms with E-state index in [1.807, 2.05) is 13.1 Å². The molecule has 3 heteroatoms. The van der Waals surface area contributed by atoms with Gasteiger partial charge < -0.3 is 10.0 Å². The molecular formula is C13H19NO2. The molecule has 0 spiro atoms. The predicted molar refractivity (Wildman–Crippen MR) is 64.6 cm³/mol. The molecule has 3 nitrogen and oxygen atoms in total. The van der Waals surface area contributed by atoms with Gasteiger partial charge in [0.25, 0.3) is 0 Å². The minimum absolute atomic E-state index is 0.357. The summed E-state index contributed by atoms with van der Waals surface area (Å²) < 4.78 is 0. The minimum atomic E-state index is -0.867. The number of hydrogen-bond donors (Lipinski definition) is 1. The van der Waals surface area contributed by atoms with Crippen LogP contribution in [0.4, 0.5) is 0 Å². The van der Waals surface area contributed by atoms with E-state index in [0.29, 0.717) is 11.5 Å². The van der Waals surface area contributed by atoms with Gasteiger partial charge in [0.05, 0.1) is 5.56 Å². The summed E-state index contributed by atoms with van der Waals surface area (Å²) in [6.45, 7) is 6.14. The van der Waals surface area contributed by atoms with E-state index in [9.17, 15) is 4.79 Å². The first kappa shape index (κ1) is 12.7. The highest BCUT2D eigenvalue weighted by atomic mass is 16.4. The zero-order valence-corrected chi connectivity index (χ0v) is 10.1. The molecule has 0 unspecified atom stereocenters. The summed E-state index contributed by atoms with van der Waals surface area (Å²) in [7, 11) is 2.05. The second-order valence-corrected chi connectivity index (χ2v) is 4.60. The third-order valence-corrected chi connectivity index (χ3v) is 2.30. The topological polar surface area (TPSA) is 40.5 Å².